The molecule has 1 rings (SSSR count). The Morgan fingerprint density at radius 3 is 2.47 bits per heavy atom. The third-order valence-electron chi connectivity index (χ3n) is 3.68. The third-order valence-corrected chi connectivity index (χ3v) is 3.68. The van der Waals surface area contributed by atoms with Crippen LogP contribution < -0.4 is 0 Å². The van der Waals surface area contributed by atoms with Crippen LogP contribution >= 0.6 is 0 Å². The van der Waals surface area contributed by atoms with Crippen molar-refractivity contribution < 1.29 is 9.53 Å². The molecule has 1 aliphatic carbocycles. The predicted molar refractivity (Wildman–Crippen MR) is 70.8 cm³/mol. The van der Waals surface area contributed by atoms with Gasteiger partial charge in [0, 0.05) is 0 Å². The van der Waals surface area contributed by atoms with E-state index in [1.54, 1.807) is 0 Å². The summed E-state index contributed by atoms with van der Waals surface area (Å²) in [5.41, 5.74) is -0.533. The number of carbonyl (C=O) groups excluding carboxylic acids is 1. The highest BCUT2D eigenvalue weighted by atomic mass is 16.6. The smallest absolute Gasteiger partial charge is 0.312 e. The van der Waals surface area contributed by atoms with Gasteiger partial charge in [0.05, 0.1) is 5.41 Å². The van der Waals surface area contributed by atoms with Gasteiger partial charge in [-0.15, -0.1) is 0 Å². The van der Waals surface area contributed by atoms with Gasteiger partial charge >= 0.3 is 5.97 Å². The first kappa shape index (κ1) is 14.5. The minimum Gasteiger partial charge on any atom is -0.460 e. The van der Waals surface area contributed by atoms with Crippen LogP contribution in [0.15, 0.2) is 0 Å². The highest BCUT2D eigenvalue weighted by molar-refractivity contribution is 5.80. The monoisotopic (exact) mass is 240 g/mol. The number of unbranched alkanes of at least 4 members (excludes halogenated alkanes) is 3. The Morgan fingerprint density at radius 2 is 1.94 bits per heavy atom. The van der Waals surface area contributed by atoms with Crippen LogP contribution in [0.4, 0.5) is 0 Å². The second kappa shape index (κ2) is 5.41. The van der Waals surface area contributed by atoms with E-state index in [0.29, 0.717) is 5.92 Å². The lowest BCUT2D eigenvalue weighted by Gasteiger charge is -2.22. The lowest BCUT2D eigenvalue weighted by atomic mass is 10.0. The van der Waals surface area contributed by atoms with Crippen molar-refractivity contribution >= 4 is 5.97 Å². The van der Waals surface area contributed by atoms with Gasteiger partial charge in [0.15, 0.2) is 0 Å². The standard InChI is InChI=1S/C15H28O2/c1-6-7-8-9-10-12-11-15(12,5)13(16)17-14(2,3)4/h12H,6-11H2,1-5H3. The Balaban J connectivity index is 2.29. The second-order valence-corrected chi connectivity index (χ2v) is 6.67. The minimum atomic E-state index is -0.352. The van der Waals surface area contributed by atoms with Crippen molar-refractivity contribution in [1.82, 2.24) is 0 Å². The minimum absolute atomic E-state index is 0.00508. The van der Waals surface area contributed by atoms with Crippen LogP contribution in [0.5, 0.6) is 0 Å². The fourth-order valence-electron chi connectivity index (χ4n) is 2.34. The normalized spacial score (nSPS) is 27.9. The SMILES string of the molecule is CCCCCCC1CC1(C)C(=O)OC(C)(C)C. The summed E-state index contributed by atoms with van der Waals surface area (Å²) in [6.45, 7) is 10.1. The summed E-state index contributed by atoms with van der Waals surface area (Å²) in [7, 11) is 0. The van der Waals surface area contributed by atoms with Crippen LogP contribution in [0.3, 0.4) is 0 Å². The van der Waals surface area contributed by atoms with Gasteiger partial charge in [-0.2, -0.15) is 0 Å². The van der Waals surface area contributed by atoms with Crippen LogP contribution in [-0.2, 0) is 9.53 Å². The molecule has 0 N–H and O–H groups in total. The van der Waals surface area contributed by atoms with E-state index in [9.17, 15) is 4.79 Å². The predicted octanol–water partition coefficient (Wildman–Crippen LogP) is 4.32. The van der Waals surface area contributed by atoms with Crippen LogP contribution in [0.2, 0.25) is 0 Å². The molecule has 2 unspecified atom stereocenters. The molecule has 2 nitrogen and oxygen atoms in total. The molecule has 100 valence electrons. The summed E-state index contributed by atoms with van der Waals surface area (Å²) < 4.78 is 5.48. The molecule has 0 spiro atoms. The maximum atomic E-state index is 12.0. The number of hydrogen-bond donors (Lipinski definition) is 0. The molecule has 0 aromatic carbocycles. The molecule has 1 saturated carbocycles. The van der Waals surface area contributed by atoms with Gasteiger partial charge in [-0.25, -0.2) is 0 Å². The van der Waals surface area contributed by atoms with Gasteiger partial charge in [0.25, 0.3) is 0 Å². The second-order valence-electron chi connectivity index (χ2n) is 6.67. The third kappa shape index (κ3) is 4.33. The van der Waals surface area contributed by atoms with Crippen molar-refractivity contribution in [2.45, 2.75) is 78.7 Å². The Bertz CT molecular complexity index is 265. The highest BCUT2D eigenvalue weighted by Crippen LogP contribution is 2.56. The maximum absolute atomic E-state index is 12.0. The van der Waals surface area contributed by atoms with E-state index < -0.39 is 0 Å². The fraction of sp³-hybridized carbons (Fsp3) is 0.933. The molecule has 17 heavy (non-hydrogen) atoms. The molecule has 0 amide bonds. The van der Waals surface area contributed by atoms with E-state index >= 15 is 0 Å². The first-order valence-corrected chi connectivity index (χ1v) is 7.03. The molecule has 1 aliphatic rings. The van der Waals surface area contributed by atoms with Crippen LogP contribution in [0, 0.1) is 11.3 Å². The largest absolute Gasteiger partial charge is 0.460 e. The zero-order valence-corrected chi connectivity index (χ0v) is 12.1. The number of rotatable bonds is 6. The molecular weight excluding hydrogens is 212 g/mol. The molecule has 2 heteroatoms. The lowest BCUT2D eigenvalue weighted by molar-refractivity contribution is -0.161. The Labute approximate surface area is 106 Å². The topological polar surface area (TPSA) is 26.3 Å². The average Bonchev–Trinajstić information content (AvgIpc) is 2.84. The zero-order chi connectivity index (χ0) is 13.1. The van der Waals surface area contributed by atoms with Crippen molar-refractivity contribution in [3.63, 3.8) is 0 Å². The van der Waals surface area contributed by atoms with E-state index in [1.807, 2.05) is 20.8 Å². The maximum Gasteiger partial charge on any atom is 0.312 e. The molecular formula is C15H28O2. The van der Waals surface area contributed by atoms with Crippen LogP contribution in [-0.4, -0.2) is 11.6 Å². The van der Waals surface area contributed by atoms with Gasteiger partial charge < -0.3 is 4.74 Å². The molecule has 0 aliphatic heterocycles. The Morgan fingerprint density at radius 1 is 1.29 bits per heavy atom. The first-order chi connectivity index (χ1) is 7.79. The van der Waals surface area contributed by atoms with Gasteiger partial charge in [-0.3, -0.25) is 4.79 Å². The quantitative estimate of drug-likeness (QED) is 0.510. The summed E-state index contributed by atoms with van der Waals surface area (Å²) in [4.78, 5) is 12.0. The van der Waals surface area contributed by atoms with E-state index in [4.69, 9.17) is 4.74 Å². The molecule has 0 saturated heterocycles. The summed E-state index contributed by atoms with van der Waals surface area (Å²) in [6.07, 6.45) is 7.36. The van der Waals surface area contributed by atoms with E-state index in [1.165, 1.54) is 32.1 Å². The van der Waals surface area contributed by atoms with E-state index in [-0.39, 0.29) is 17.0 Å². The van der Waals surface area contributed by atoms with Crippen molar-refractivity contribution in [2.75, 3.05) is 0 Å². The van der Waals surface area contributed by atoms with Gasteiger partial charge in [0.1, 0.15) is 5.60 Å². The van der Waals surface area contributed by atoms with Gasteiger partial charge in [-0.1, -0.05) is 32.6 Å². The van der Waals surface area contributed by atoms with Crippen molar-refractivity contribution in [3.8, 4) is 0 Å². The summed E-state index contributed by atoms with van der Waals surface area (Å²) >= 11 is 0. The lowest BCUT2D eigenvalue weighted by Crippen LogP contribution is -2.29. The Kier molecular flexibility index (Phi) is 4.62. The molecule has 2 atom stereocenters. The first-order valence-electron chi connectivity index (χ1n) is 7.03. The van der Waals surface area contributed by atoms with Crippen LogP contribution in [0.1, 0.15) is 73.1 Å². The summed E-state index contributed by atoms with van der Waals surface area (Å²) in [5.74, 6) is 0.569. The molecule has 0 bridgehead atoms. The molecule has 0 aromatic rings. The highest BCUT2D eigenvalue weighted by Gasteiger charge is 2.57. The molecule has 0 aromatic heterocycles. The number of hydrogen-bond acceptors (Lipinski definition) is 2. The number of carbonyl (C=O) groups is 1. The van der Waals surface area contributed by atoms with Gasteiger partial charge in [-0.05, 0) is 46.5 Å². The molecule has 0 heterocycles. The average molecular weight is 240 g/mol. The zero-order valence-electron chi connectivity index (χ0n) is 12.1. The fourth-order valence-corrected chi connectivity index (χ4v) is 2.34. The van der Waals surface area contributed by atoms with Crippen LogP contribution in [0.25, 0.3) is 0 Å². The number of esters is 1. The van der Waals surface area contributed by atoms with Crippen molar-refractivity contribution in [1.29, 1.82) is 0 Å². The molecule has 0 radical (unpaired) electrons. The van der Waals surface area contributed by atoms with Crippen molar-refractivity contribution in [3.05, 3.63) is 0 Å². The van der Waals surface area contributed by atoms with E-state index in [0.717, 1.165) is 6.42 Å². The van der Waals surface area contributed by atoms with Gasteiger partial charge in [0.2, 0.25) is 0 Å². The summed E-state index contributed by atoms with van der Waals surface area (Å²) in [5, 5.41) is 0. The van der Waals surface area contributed by atoms with Crippen molar-refractivity contribution in [2.24, 2.45) is 11.3 Å². The molecule has 1 fully saturated rings. The Hall–Kier alpha value is -0.530. The van der Waals surface area contributed by atoms with E-state index in [2.05, 4.69) is 13.8 Å². The summed E-state index contributed by atoms with van der Waals surface area (Å²) in [6, 6.07) is 0. The number of ether oxygens (including phenoxy) is 1.